The standard InChI is InChI=1S/C19H22N6O4S/c1-10-6-14(28-3)5-4-12(10)7-24-17(21-22-23-24)16-13(8-29-11(2)26)9-30-19-15(20)18(27)25(16)19/h4-6,15,19H,7-9,20H2,1-3H3/t15-,19-/m1/s1. The number of aryl methyl sites for hydroxylation is 1. The smallest absolute Gasteiger partial charge is 0.302 e. The summed E-state index contributed by atoms with van der Waals surface area (Å²) in [5.74, 6) is 1.19. The van der Waals surface area contributed by atoms with Gasteiger partial charge in [-0.2, -0.15) is 0 Å². The van der Waals surface area contributed by atoms with Crippen molar-refractivity contribution in [2.75, 3.05) is 19.5 Å². The van der Waals surface area contributed by atoms with Gasteiger partial charge >= 0.3 is 5.97 Å². The number of methoxy groups -OCH3 is 1. The maximum Gasteiger partial charge on any atom is 0.302 e. The van der Waals surface area contributed by atoms with Crippen molar-refractivity contribution in [3.05, 3.63) is 40.7 Å². The number of esters is 1. The lowest BCUT2D eigenvalue weighted by atomic mass is 10.0. The minimum absolute atomic E-state index is 0.0673. The maximum atomic E-state index is 12.5. The lowest BCUT2D eigenvalue weighted by Gasteiger charge is -2.48. The van der Waals surface area contributed by atoms with E-state index in [9.17, 15) is 9.59 Å². The predicted octanol–water partition coefficient (Wildman–Crippen LogP) is 0.555. The Morgan fingerprint density at radius 2 is 2.20 bits per heavy atom. The number of fused-ring (bicyclic) bond motifs is 1. The van der Waals surface area contributed by atoms with Gasteiger partial charge in [-0.15, -0.1) is 16.9 Å². The number of tetrazole rings is 1. The zero-order chi connectivity index (χ0) is 21.4. The molecule has 1 amide bonds. The molecule has 158 valence electrons. The van der Waals surface area contributed by atoms with E-state index in [1.807, 2.05) is 25.1 Å². The third-order valence-electron chi connectivity index (χ3n) is 5.15. The lowest BCUT2D eigenvalue weighted by Crippen LogP contribution is -2.67. The van der Waals surface area contributed by atoms with Crippen LogP contribution in [-0.2, 0) is 20.9 Å². The second kappa shape index (κ2) is 8.07. The molecule has 10 nitrogen and oxygen atoms in total. The lowest BCUT2D eigenvalue weighted by molar-refractivity contribution is -0.139. The highest BCUT2D eigenvalue weighted by Crippen LogP contribution is 2.42. The van der Waals surface area contributed by atoms with E-state index >= 15 is 0 Å². The van der Waals surface area contributed by atoms with Gasteiger partial charge in [0.25, 0.3) is 0 Å². The fourth-order valence-corrected chi connectivity index (χ4v) is 4.78. The molecule has 2 aliphatic rings. The first kappa shape index (κ1) is 20.4. The Hall–Kier alpha value is -2.92. The summed E-state index contributed by atoms with van der Waals surface area (Å²) < 4.78 is 12.1. The molecule has 2 aliphatic heterocycles. The molecule has 4 rings (SSSR count). The number of β-lactam (4-membered cyclic amide) rings is 1. The summed E-state index contributed by atoms with van der Waals surface area (Å²) in [5, 5.41) is 12.0. The second-order valence-corrected chi connectivity index (χ2v) is 8.23. The molecule has 1 aromatic carbocycles. The van der Waals surface area contributed by atoms with E-state index in [0.29, 0.717) is 23.8 Å². The molecular weight excluding hydrogens is 408 g/mol. The van der Waals surface area contributed by atoms with Crippen molar-refractivity contribution in [3.8, 4) is 5.75 Å². The van der Waals surface area contributed by atoms with Crippen LogP contribution < -0.4 is 10.5 Å². The van der Waals surface area contributed by atoms with Gasteiger partial charge < -0.3 is 15.2 Å². The topological polar surface area (TPSA) is 125 Å². The van der Waals surface area contributed by atoms with E-state index < -0.39 is 12.0 Å². The number of carbonyl (C=O) groups excluding carboxylic acids is 2. The number of hydrogen-bond acceptors (Lipinski definition) is 9. The van der Waals surface area contributed by atoms with E-state index in [4.69, 9.17) is 15.2 Å². The minimum atomic E-state index is -0.562. The molecule has 0 spiro atoms. The number of benzene rings is 1. The monoisotopic (exact) mass is 430 g/mol. The van der Waals surface area contributed by atoms with Gasteiger partial charge in [-0.25, -0.2) is 4.68 Å². The number of amides is 1. The number of thioether (sulfide) groups is 1. The number of hydrogen-bond donors (Lipinski definition) is 1. The molecule has 3 heterocycles. The molecule has 0 aliphatic carbocycles. The Bertz CT molecular complexity index is 1040. The Morgan fingerprint density at radius 1 is 1.40 bits per heavy atom. The summed E-state index contributed by atoms with van der Waals surface area (Å²) >= 11 is 1.54. The van der Waals surface area contributed by atoms with Crippen molar-refractivity contribution in [3.63, 3.8) is 0 Å². The van der Waals surface area contributed by atoms with Crippen LogP contribution in [-0.4, -0.2) is 67.9 Å². The highest BCUT2D eigenvalue weighted by Gasteiger charge is 2.51. The fraction of sp³-hybridized carbons (Fsp3) is 0.421. The van der Waals surface area contributed by atoms with Crippen LogP contribution in [0, 0.1) is 6.92 Å². The number of carbonyl (C=O) groups is 2. The van der Waals surface area contributed by atoms with Crippen molar-refractivity contribution >= 4 is 29.3 Å². The van der Waals surface area contributed by atoms with E-state index in [1.54, 1.807) is 28.5 Å². The second-order valence-electron chi connectivity index (χ2n) is 7.12. The van der Waals surface area contributed by atoms with Gasteiger partial charge in [-0.05, 0) is 40.6 Å². The van der Waals surface area contributed by atoms with E-state index in [0.717, 1.165) is 22.4 Å². The van der Waals surface area contributed by atoms with E-state index in [1.165, 1.54) is 6.92 Å². The molecule has 2 atom stereocenters. The van der Waals surface area contributed by atoms with Crippen LogP contribution in [0.3, 0.4) is 0 Å². The number of nitrogens with two attached hydrogens (primary N) is 1. The Labute approximate surface area is 177 Å². The van der Waals surface area contributed by atoms with Gasteiger partial charge in [0, 0.05) is 18.2 Å². The van der Waals surface area contributed by atoms with Gasteiger partial charge in [0.15, 0.2) is 5.82 Å². The van der Waals surface area contributed by atoms with Crippen molar-refractivity contribution in [2.45, 2.75) is 31.8 Å². The van der Waals surface area contributed by atoms with Gasteiger partial charge in [-0.1, -0.05) is 6.07 Å². The van der Waals surface area contributed by atoms with E-state index in [-0.39, 0.29) is 17.9 Å². The fourth-order valence-electron chi connectivity index (χ4n) is 3.51. The highest BCUT2D eigenvalue weighted by molar-refractivity contribution is 8.00. The molecule has 0 unspecified atom stereocenters. The maximum absolute atomic E-state index is 12.5. The first-order valence-electron chi connectivity index (χ1n) is 9.36. The molecule has 2 N–H and O–H groups in total. The van der Waals surface area contributed by atoms with Crippen LogP contribution in [0.25, 0.3) is 5.70 Å². The third kappa shape index (κ3) is 3.54. The summed E-state index contributed by atoms with van der Waals surface area (Å²) in [4.78, 5) is 25.5. The molecule has 0 bridgehead atoms. The molecule has 0 saturated carbocycles. The largest absolute Gasteiger partial charge is 0.497 e. The predicted molar refractivity (Wildman–Crippen MR) is 109 cm³/mol. The van der Waals surface area contributed by atoms with Gasteiger partial charge in [0.05, 0.1) is 19.4 Å². The number of rotatable bonds is 6. The summed E-state index contributed by atoms with van der Waals surface area (Å²) in [6, 6.07) is 5.21. The molecule has 0 radical (unpaired) electrons. The number of aromatic nitrogens is 4. The summed E-state index contributed by atoms with van der Waals surface area (Å²) in [5.41, 5.74) is 9.37. The molecule has 1 fully saturated rings. The van der Waals surface area contributed by atoms with Crippen molar-refractivity contribution < 1.29 is 19.1 Å². The summed E-state index contributed by atoms with van der Waals surface area (Å²) in [6.45, 7) is 3.81. The Balaban J connectivity index is 1.71. The number of ether oxygens (including phenoxy) is 2. The Kier molecular flexibility index (Phi) is 5.48. The highest BCUT2D eigenvalue weighted by atomic mass is 32.2. The minimum Gasteiger partial charge on any atom is -0.497 e. The van der Waals surface area contributed by atoms with Crippen LogP contribution in [0.1, 0.15) is 23.9 Å². The molecule has 2 aromatic rings. The molecular formula is C19H22N6O4S. The van der Waals surface area contributed by atoms with E-state index in [2.05, 4.69) is 15.5 Å². The van der Waals surface area contributed by atoms with Crippen LogP contribution in [0.2, 0.25) is 0 Å². The van der Waals surface area contributed by atoms with Gasteiger partial charge in [0.1, 0.15) is 23.8 Å². The zero-order valence-corrected chi connectivity index (χ0v) is 17.7. The molecule has 1 aromatic heterocycles. The van der Waals surface area contributed by atoms with Crippen LogP contribution in [0.15, 0.2) is 23.8 Å². The van der Waals surface area contributed by atoms with Crippen molar-refractivity contribution in [1.82, 2.24) is 25.1 Å². The first-order valence-corrected chi connectivity index (χ1v) is 10.4. The van der Waals surface area contributed by atoms with Gasteiger partial charge in [-0.3, -0.25) is 14.5 Å². The average Bonchev–Trinajstić information content (AvgIpc) is 3.20. The molecule has 1 saturated heterocycles. The quantitative estimate of drug-likeness (QED) is 0.517. The summed E-state index contributed by atoms with van der Waals surface area (Å²) in [6.07, 6.45) is 0. The molecule has 11 heteroatoms. The van der Waals surface area contributed by atoms with Gasteiger partial charge in [0.2, 0.25) is 5.91 Å². The normalized spacial score (nSPS) is 20.7. The van der Waals surface area contributed by atoms with Crippen molar-refractivity contribution in [1.29, 1.82) is 0 Å². The zero-order valence-electron chi connectivity index (χ0n) is 16.9. The first-order chi connectivity index (χ1) is 14.4. The summed E-state index contributed by atoms with van der Waals surface area (Å²) in [7, 11) is 1.62. The average molecular weight is 430 g/mol. The third-order valence-corrected chi connectivity index (χ3v) is 6.51. The van der Waals surface area contributed by atoms with Crippen LogP contribution in [0.4, 0.5) is 0 Å². The Morgan fingerprint density at radius 3 is 2.90 bits per heavy atom. The molecule has 30 heavy (non-hydrogen) atoms. The number of nitrogens with zero attached hydrogens (tertiary/aromatic N) is 5. The SMILES string of the molecule is COc1ccc(Cn2nnnc2C2=C(COC(C)=O)CS[C@@H]3[C@H](N)C(=O)N23)c(C)c1. The van der Waals surface area contributed by atoms with Crippen LogP contribution >= 0.6 is 11.8 Å². The van der Waals surface area contributed by atoms with Crippen molar-refractivity contribution in [2.24, 2.45) is 5.73 Å². The van der Waals surface area contributed by atoms with Crippen LogP contribution in [0.5, 0.6) is 5.75 Å².